The van der Waals surface area contributed by atoms with E-state index in [1.165, 1.54) is 23.9 Å². The number of amides is 1. The zero-order chi connectivity index (χ0) is 21.6. The molecule has 1 amide bonds. The Hall–Kier alpha value is -4.03. The summed E-state index contributed by atoms with van der Waals surface area (Å²) >= 11 is 1.20. The van der Waals surface area contributed by atoms with Gasteiger partial charge in [0.25, 0.3) is 0 Å². The summed E-state index contributed by atoms with van der Waals surface area (Å²) in [7, 11) is 0. The zero-order valence-corrected chi connectivity index (χ0v) is 16.9. The van der Waals surface area contributed by atoms with Gasteiger partial charge in [0.05, 0.1) is 17.4 Å². The van der Waals surface area contributed by atoms with Gasteiger partial charge in [-0.1, -0.05) is 17.8 Å². The van der Waals surface area contributed by atoms with E-state index in [2.05, 4.69) is 20.5 Å². The summed E-state index contributed by atoms with van der Waals surface area (Å²) in [6.07, 6.45) is 3.29. The molecule has 2 aromatic heterocycles. The molecule has 7 nitrogen and oxygen atoms in total. The standard InChI is InChI=1S/C22H15FN6OS/c23-17-4-6-19(7-5-17)29-21(16-8-10-25-11-9-16)27-28-22(29)31-14-20(30)26-18-3-1-2-15(12-18)13-24/h1-12H,14H2,(H,26,30). The number of anilines is 1. The second kappa shape index (κ2) is 9.19. The number of thioether (sulfide) groups is 1. The third-order valence-electron chi connectivity index (χ3n) is 4.26. The van der Waals surface area contributed by atoms with Crippen molar-refractivity contribution in [1.29, 1.82) is 5.26 Å². The number of nitrogens with zero attached hydrogens (tertiary/aromatic N) is 5. The number of halogens is 1. The number of nitriles is 1. The van der Waals surface area contributed by atoms with Gasteiger partial charge in [-0.25, -0.2) is 4.39 Å². The van der Waals surface area contributed by atoms with Crippen LogP contribution in [0.2, 0.25) is 0 Å². The monoisotopic (exact) mass is 430 g/mol. The SMILES string of the molecule is N#Cc1cccc(NC(=O)CSc2nnc(-c3ccncc3)n2-c2ccc(F)cc2)c1. The molecule has 0 aliphatic carbocycles. The lowest BCUT2D eigenvalue weighted by Gasteiger charge is -2.10. The fourth-order valence-corrected chi connectivity index (χ4v) is 3.62. The summed E-state index contributed by atoms with van der Waals surface area (Å²) in [4.78, 5) is 16.4. The van der Waals surface area contributed by atoms with Gasteiger partial charge < -0.3 is 5.32 Å². The van der Waals surface area contributed by atoms with Crippen LogP contribution in [0.15, 0.2) is 78.2 Å². The largest absolute Gasteiger partial charge is 0.325 e. The number of carbonyl (C=O) groups excluding carboxylic acids is 1. The Labute approximate surface area is 181 Å². The Bertz CT molecular complexity index is 1250. The van der Waals surface area contributed by atoms with Gasteiger partial charge in [0.15, 0.2) is 11.0 Å². The number of hydrogen-bond donors (Lipinski definition) is 1. The molecule has 0 saturated heterocycles. The van der Waals surface area contributed by atoms with Gasteiger partial charge in [0.2, 0.25) is 5.91 Å². The van der Waals surface area contributed by atoms with Crippen molar-refractivity contribution in [2.24, 2.45) is 0 Å². The van der Waals surface area contributed by atoms with Crippen LogP contribution in [0, 0.1) is 17.1 Å². The first kappa shape index (κ1) is 20.3. The molecule has 0 fully saturated rings. The Balaban J connectivity index is 1.58. The minimum absolute atomic E-state index is 0.0758. The van der Waals surface area contributed by atoms with E-state index >= 15 is 0 Å². The first-order valence-corrected chi connectivity index (χ1v) is 10.2. The minimum atomic E-state index is -0.351. The predicted octanol–water partition coefficient (Wildman–Crippen LogP) is 4.07. The van der Waals surface area contributed by atoms with Crippen LogP contribution in [0.1, 0.15) is 5.56 Å². The molecule has 9 heteroatoms. The van der Waals surface area contributed by atoms with E-state index in [0.717, 1.165) is 5.56 Å². The summed E-state index contributed by atoms with van der Waals surface area (Å²) in [5, 5.41) is 20.7. The van der Waals surface area contributed by atoms with E-state index in [0.29, 0.717) is 27.9 Å². The molecule has 0 bridgehead atoms. The average molecular weight is 430 g/mol. The molecule has 152 valence electrons. The van der Waals surface area contributed by atoms with E-state index in [1.807, 2.05) is 6.07 Å². The smallest absolute Gasteiger partial charge is 0.234 e. The van der Waals surface area contributed by atoms with Crippen molar-refractivity contribution in [1.82, 2.24) is 19.7 Å². The van der Waals surface area contributed by atoms with Gasteiger partial charge >= 0.3 is 0 Å². The van der Waals surface area contributed by atoms with E-state index in [1.54, 1.807) is 65.5 Å². The molecule has 1 N–H and O–H groups in total. The summed E-state index contributed by atoms with van der Waals surface area (Å²) in [6.45, 7) is 0. The summed E-state index contributed by atoms with van der Waals surface area (Å²) < 4.78 is 15.2. The second-order valence-corrected chi connectivity index (χ2v) is 7.33. The zero-order valence-electron chi connectivity index (χ0n) is 16.1. The molecule has 0 atom stereocenters. The number of benzene rings is 2. The predicted molar refractivity (Wildman–Crippen MR) is 115 cm³/mol. The van der Waals surface area contributed by atoms with Crippen molar-refractivity contribution in [3.63, 3.8) is 0 Å². The molecule has 0 radical (unpaired) electrons. The molecule has 0 aliphatic heterocycles. The van der Waals surface area contributed by atoms with Crippen molar-refractivity contribution < 1.29 is 9.18 Å². The maximum absolute atomic E-state index is 13.4. The molecule has 0 unspecified atom stereocenters. The van der Waals surface area contributed by atoms with Gasteiger partial charge in [-0.05, 0) is 54.6 Å². The second-order valence-electron chi connectivity index (χ2n) is 6.38. The van der Waals surface area contributed by atoms with Crippen LogP contribution >= 0.6 is 11.8 Å². The van der Waals surface area contributed by atoms with Crippen molar-refractivity contribution >= 4 is 23.4 Å². The number of rotatable bonds is 6. The molecule has 0 aliphatic rings. The molecule has 2 aromatic carbocycles. The number of pyridine rings is 1. The maximum Gasteiger partial charge on any atom is 0.234 e. The van der Waals surface area contributed by atoms with Crippen LogP contribution < -0.4 is 5.32 Å². The quantitative estimate of drug-likeness (QED) is 0.463. The van der Waals surface area contributed by atoms with Crippen molar-refractivity contribution in [3.05, 3.63) is 84.4 Å². The lowest BCUT2D eigenvalue weighted by atomic mass is 10.2. The number of nitrogens with one attached hydrogen (secondary N) is 1. The maximum atomic E-state index is 13.4. The van der Waals surface area contributed by atoms with E-state index < -0.39 is 0 Å². The third-order valence-corrected chi connectivity index (χ3v) is 5.19. The van der Waals surface area contributed by atoms with Gasteiger partial charge in [-0.3, -0.25) is 14.3 Å². The highest BCUT2D eigenvalue weighted by atomic mass is 32.2. The van der Waals surface area contributed by atoms with Crippen LogP contribution in [0.5, 0.6) is 0 Å². The molecular weight excluding hydrogens is 415 g/mol. The van der Waals surface area contributed by atoms with Crippen molar-refractivity contribution in [2.45, 2.75) is 5.16 Å². The minimum Gasteiger partial charge on any atom is -0.325 e. The Morgan fingerprint density at radius 3 is 2.61 bits per heavy atom. The van der Waals surface area contributed by atoms with Crippen LogP contribution in [-0.4, -0.2) is 31.4 Å². The summed E-state index contributed by atoms with van der Waals surface area (Å²) in [5.74, 6) is 0.0280. The molecule has 4 rings (SSSR count). The molecule has 2 heterocycles. The fraction of sp³-hybridized carbons (Fsp3) is 0.0455. The van der Waals surface area contributed by atoms with Crippen LogP contribution in [0.4, 0.5) is 10.1 Å². The van der Waals surface area contributed by atoms with Crippen LogP contribution in [-0.2, 0) is 4.79 Å². The summed E-state index contributed by atoms with van der Waals surface area (Å²) in [6, 6.07) is 18.3. The number of aromatic nitrogens is 4. The van der Waals surface area contributed by atoms with Crippen molar-refractivity contribution in [3.8, 4) is 23.1 Å². The summed E-state index contributed by atoms with van der Waals surface area (Å²) in [5.41, 5.74) is 2.46. The van der Waals surface area contributed by atoms with Gasteiger partial charge in [-0.15, -0.1) is 10.2 Å². The molecule has 31 heavy (non-hydrogen) atoms. The first-order valence-electron chi connectivity index (χ1n) is 9.18. The molecule has 4 aromatic rings. The van der Waals surface area contributed by atoms with Gasteiger partial charge in [0.1, 0.15) is 5.82 Å². The van der Waals surface area contributed by atoms with Crippen LogP contribution in [0.3, 0.4) is 0 Å². The van der Waals surface area contributed by atoms with Crippen LogP contribution in [0.25, 0.3) is 17.1 Å². The highest BCUT2D eigenvalue weighted by molar-refractivity contribution is 7.99. The lowest BCUT2D eigenvalue weighted by molar-refractivity contribution is -0.113. The Morgan fingerprint density at radius 2 is 1.87 bits per heavy atom. The first-order chi connectivity index (χ1) is 15.1. The number of carbonyl (C=O) groups is 1. The average Bonchev–Trinajstić information content (AvgIpc) is 3.23. The highest BCUT2D eigenvalue weighted by Gasteiger charge is 2.17. The lowest BCUT2D eigenvalue weighted by Crippen LogP contribution is -2.14. The molecule has 0 saturated carbocycles. The highest BCUT2D eigenvalue weighted by Crippen LogP contribution is 2.28. The molecular formula is C22H15FN6OS. The normalized spacial score (nSPS) is 10.5. The number of hydrogen-bond acceptors (Lipinski definition) is 6. The van der Waals surface area contributed by atoms with E-state index in [4.69, 9.17) is 5.26 Å². The fourth-order valence-electron chi connectivity index (χ4n) is 2.87. The van der Waals surface area contributed by atoms with Crippen molar-refractivity contribution in [2.75, 3.05) is 11.1 Å². The Morgan fingerprint density at radius 1 is 1.10 bits per heavy atom. The van der Waals surface area contributed by atoms with E-state index in [-0.39, 0.29) is 17.5 Å². The third kappa shape index (κ3) is 4.76. The Kier molecular flexibility index (Phi) is 6.01. The van der Waals surface area contributed by atoms with Gasteiger partial charge in [-0.2, -0.15) is 5.26 Å². The topological polar surface area (TPSA) is 96.5 Å². The van der Waals surface area contributed by atoms with E-state index in [9.17, 15) is 9.18 Å². The van der Waals surface area contributed by atoms with Gasteiger partial charge in [0, 0.05) is 29.3 Å². The molecule has 0 spiro atoms.